The fourth-order valence-electron chi connectivity index (χ4n) is 4.88. The van der Waals surface area contributed by atoms with E-state index in [1.807, 2.05) is 23.7 Å². The molecule has 7 aromatic rings. The van der Waals surface area contributed by atoms with Crippen molar-refractivity contribution in [3.63, 3.8) is 0 Å². The fourth-order valence-corrected chi connectivity index (χ4v) is 5.81. The standard InChI is InChI=1S/C29H18N2S/c1-2-6-23-21(5-1)17-30-18-26(23)19-9-12-22(13-10-19)31-27-8-4-3-7-24(27)25-14-11-20-15-16-32-29(20)28(25)31/h1-18H. The van der Waals surface area contributed by atoms with Crippen LogP contribution in [0.15, 0.2) is 109 Å². The van der Waals surface area contributed by atoms with E-state index in [0.29, 0.717) is 0 Å². The first kappa shape index (κ1) is 17.7. The number of aromatic nitrogens is 2. The Bertz CT molecular complexity index is 1770. The van der Waals surface area contributed by atoms with Gasteiger partial charge in [-0.2, -0.15) is 0 Å². The zero-order valence-corrected chi connectivity index (χ0v) is 18.0. The molecule has 0 spiro atoms. The van der Waals surface area contributed by atoms with Crippen LogP contribution >= 0.6 is 11.3 Å². The summed E-state index contributed by atoms with van der Waals surface area (Å²) in [5, 5.41) is 8.47. The highest BCUT2D eigenvalue weighted by Gasteiger charge is 2.15. The van der Waals surface area contributed by atoms with Gasteiger partial charge in [0.05, 0.1) is 15.7 Å². The zero-order chi connectivity index (χ0) is 21.1. The van der Waals surface area contributed by atoms with Gasteiger partial charge >= 0.3 is 0 Å². The Hall–Kier alpha value is -3.95. The molecule has 2 nitrogen and oxygen atoms in total. The van der Waals surface area contributed by atoms with Gasteiger partial charge in [0.2, 0.25) is 0 Å². The van der Waals surface area contributed by atoms with Gasteiger partial charge in [-0.25, -0.2) is 0 Å². The molecule has 3 heterocycles. The second-order valence-electron chi connectivity index (χ2n) is 8.11. The maximum Gasteiger partial charge on any atom is 0.0719 e. The Balaban J connectivity index is 1.48. The van der Waals surface area contributed by atoms with E-state index in [9.17, 15) is 0 Å². The molecular formula is C29H18N2S. The lowest BCUT2D eigenvalue weighted by atomic mass is 10.0. The molecule has 0 bridgehead atoms. The molecule has 0 radical (unpaired) electrons. The van der Waals surface area contributed by atoms with Gasteiger partial charge in [0.25, 0.3) is 0 Å². The SMILES string of the molecule is c1ccc2c(-c3ccc(-n4c5ccccc5c5ccc6ccsc6c54)cc3)cncc2c1. The summed E-state index contributed by atoms with van der Waals surface area (Å²) < 4.78 is 3.75. The molecule has 0 saturated carbocycles. The van der Waals surface area contributed by atoms with Crippen LogP contribution in [0.1, 0.15) is 0 Å². The quantitative estimate of drug-likeness (QED) is 0.272. The number of para-hydroxylation sites is 1. The second kappa shape index (κ2) is 6.78. The minimum Gasteiger partial charge on any atom is -0.308 e. The van der Waals surface area contributed by atoms with Crippen LogP contribution in [0, 0.1) is 0 Å². The van der Waals surface area contributed by atoms with Gasteiger partial charge in [0.1, 0.15) is 0 Å². The number of nitrogens with zero attached hydrogens (tertiary/aromatic N) is 2. The van der Waals surface area contributed by atoms with E-state index < -0.39 is 0 Å². The molecule has 0 saturated heterocycles. The molecule has 0 aliphatic rings. The first-order valence-corrected chi connectivity index (χ1v) is 11.6. The predicted molar refractivity (Wildman–Crippen MR) is 137 cm³/mol. The monoisotopic (exact) mass is 426 g/mol. The van der Waals surface area contributed by atoms with E-state index in [2.05, 4.69) is 106 Å². The average Bonchev–Trinajstić information content (AvgIpc) is 3.46. The van der Waals surface area contributed by atoms with E-state index in [0.717, 1.165) is 10.9 Å². The lowest BCUT2D eigenvalue weighted by Crippen LogP contribution is -1.94. The van der Waals surface area contributed by atoms with Crippen LogP contribution in [0.3, 0.4) is 0 Å². The van der Waals surface area contributed by atoms with Gasteiger partial charge < -0.3 is 4.57 Å². The van der Waals surface area contributed by atoms with Crippen molar-refractivity contribution in [3.8, 4) is 16.8 Å². The summed E-state index contributed by atoms with van der Waals surface area (Å²) in [5.74, 6) is 0. The van der Waals surface area contributed by atoms with Crippen molar-refractivity contribution in [3.05, 3.63) is 109 Å². The zero-order valence-electron chi connectivity index (χ0n) is 17.2. The predicted octanol–water partition coefficient (Wildman–Crippen LogP) is 8.21. The molecule has 3 aromatic heterocycles. The van der Waals surface area contributed by atoms with Crippen LogP contribution < -0.4 is 0 Å². The van der Waals surface area contributed by atoms with E-state index in [1.54, 1.807) is 0 Å². The molecule has 0 unspecified atom stereocenters. The van der Waals surface area contributed by atoms with Crippen LogP contribution in [0.5, 0.6) is 0 Å². The molecule has 4 aromatic carbocycles. The molecular weight excluding hydrogens is 408 g/mol. The number of rotatable bonds is 2. The number of hydrogen-bond acceptors (Lipinski definition) is 2. The number of thiophene rings is 1. The summed E-state index contributed by atoms with van der Waals surface area (Å²) in [5.41, 5.74) is 6.05. The second-order valence-corrected chi connectivity index (χ2v) is 9.02. The third-order valence-corrected chi connectivity index (χ3v) is 7.30. The molecule has 0 N–H and O–H groups in total. The summed E-state index contributed by atoms with van der Waals surface area (Å²) >= 11 is 1.81. The van der Waals surface area contributed by atoms with Crippen LogP contribution in [0.25, 0.3) is 59.5 Å². The largest absolute Gasteiger partial charge is 0.308 e. The Morgan fingerprint density at radius 3 is 2.34 bits per heavy atom. The Kier molecular flexibility index (Phi) is 3.75. The number of pyridine rings is 1. The first-order valence-electron chi connectivity index (χ1n) is 10.7. The summed E-state index contributed by atoms with van der Waals surface area (Å²) in [4.78, 5) is 4.47. The molecule has 0 amide bonds. The van der Waals surface area contributed by atoms with E-state index >= 15 is 0 Å². The molecule has 7 rings (SSSR count). The van der Waals surface area contributed by atoms with E-state index in [4.69, 9.17) is 0 Å². The maximum atomic E-state index is 4.47. The highest BCUT2D eigenvalue weighted by atomic mass is 32.1. The van der Waals surface area contributed by atoms with Crippen LogP contribution in [-0.2, 0) is 0 Å². The Morgan fingerprint density at radius 1 is 0.625 bits per heavy atom. The number of hydrogen-bond donors (Lipinski definition) is 0. The van der Waals surface area contributed by atoms with E-state index in [1.165, 1.54) is 48.5 Å². The molecule has 3 heteroatoms. The van der Waals surface area contributed by atoms with Crippen LogP contribution in [0.2, 0.25) is 0 Å². The maximum absolute atomic E-state index is 4.47. The van der Waals surface area contributed by atoms with Crippen molar-refractivity contribution < 1.29 is 0 Å². The fraction of sp³-hybridized carbons (Fsp3) is 0. The third-order valence-electron chi connectivity index (χ3n) is 6.36. The van der Waals surface area contributed by atoms with Gasteiger partial charge in [-0.3, -0.25) is 4.98 Å². The molecule has 0 fully saturated rings. The average molecular weight is 427 g/mol. The van der Waals surface area contributed by atoms with Gasteiger partial charge in [0.15, 0.2) is 0 Å². The van der Waals surface area contributed by atoms with Crippen molar-refractivity contribution in [1.82, 2.24) is 9.55 Å². The smallest absolute Gasteiger partial charge is 0.0719 e. The third kappa shape index (κ3) is 2.49. The summed E-state index contributed by atoms with van der Waals surface area (Å²) in [6.07, 6.45) is 3.89. The lowest BCUT2D eigenvalue weighted by Gasteiger charge is -2.11. The highest BCUT2D eigenvalue weighted by Crippen LogP contribution is 2.39. The van der Waals surface area contributed by atoms with Gasteiger partial charge in [-0.1, -0.05) is 66.7 Å². The summed E-state index contributed by atoms with van der Waals surface area (Å²) in [6, 6.07) is 32.7. The molecule has 150 valence electrons. The normalized spacial score (nSPS) is 11.8. The number of benzene rings is 4. The summed E-state index contributed by atoms with van der Waals surface area (Å²) in [6.45, 7) is 0. The molecule has 0 aliphatic heterocycles. The Morgan fingerprint density at radius 2 is 1.44 bits per heavy atom. The molecule has 0 atom stereocenters. The molecule has 32 heavy (non-hydrogen) atoms. The van der Waals surface area contributed by atoms with Crippen molar-refractivity contribution in [2.24, 2.45) is 0 Å². The minimum atomic E-state index is 1.16. The first-order chi connectivity index (χ1) is 15.9. The van der Waals surface area contributed by atoms with Gasteiger partial charge in [-0.15, -0.1) is 11.3 Å². The van der Waals surface area contributed by atoms with Crippen molar-refractivity contribution in [2.45, 2.75) is 0 Å². The lowest BCUT2D eigenvalue weighted by molar-refractivity contribution is 1.19. The number of fused-ring (bicyclic) bond motifs is 6. The van der Waals surface area contributed by atoms with Crippen LogP contribution in [0.4, 0.5) is 0 Å². The topological polar surface area (TPSA) is 17.8 Å². The van der Waals surface area contributed by atoms with Crippen molar-refractivity contribution in [1.29, 1.82) is 0 Å². The Labute approximate surface area is 189 Å². The molecule has 0 aliphatic carbocycles. The summed E-state index contributed by atoms with van der Waals surface area (Å²) in [7, 11) is 0. The van der Waals surface area contributed by atoms with Gasteiger partial charge in [0, 0.05) is 39.8 Å². The van der Waals surface area contributed by atoms with Crippen LogP contribution in [-0.4, -0.2) is 9.55 Å². The van der Waals surface area contributed by atoms with Crippen molar-refractivity contribution in [2.75, 3.05) is 0 Å². The highest BCUT2D eigenvalue weighted by molar-refractivity contribution is 7.18. The van der Waals surface area contributed by atoms with Gasteiger partial charge in [-0.05, 0) is 46.0 Å². The van der Waals surface area contributed by atoms with E-state index in [-0.39, 0.29) is 0 Å². The minimum absolute atomic E-state index is 1.16. The van der Waals surface area contributed by atoms with Crippen molar-refractivity contribution >= 4 is 54.0 Å².